The number of rotatable bonds is 4. The number of hydrogen-bond acceptors (Lipinski definition) is 3. The smallest absolute Gasteiger partial charge is 0.305 e. The van der Waals surface area contributed by atoms with Gasteiger partial charge in [-0.05, 0) is 85.4 Å². The van der Waals surface area contributed by atoms with E-state index >= 15 is 0 Å². The number of esters is 1. The average Bonchev–Trinajstić information content (AvgIpc) is 3.03. The molecule has 0 bridgehead atoms. The predicted octanol–water partition coefficient (Wildman–Crippen LogP) is 5.58. The summed E-state index contributed by atoms with van der Waals surface area (Å²) in [5.74, 6) is 3.48. The van der Waals surface area contributed by atoms with E-state index in [0.717, 1.165) is 12.8 Å². The van der Waals surface area contributed by atoms with E-state index in [0.29, 0.717) is 47.2 Å². The molecule has 0 aromatic carbocycles. The van der Waals surface area contributed by atoms with Crippen LogP contribution in [0.25, 0.3) is 0 Å². The lowest BCUT2D eigenvalue weighted by Gasteiger charge is -2.59. The summed E-state index contributed by atoms with van der Waals surface area (Å²) in [6.45, 7) is 7.28. The van der Waals surface area contributed by atoms with Gasteiger partial charge in [0.25, 0.3) is 0 Å². The molecular formula is C25H38O3. The SMILES string of the molecule is COC(=O)CC[C@@H](C)[C@H]1CCC2[C@@H]3C(=O)C[C@@H]4C=CCC[C@]4(C)C3CC[C@@]21C. The molecule has 156 valence electrons. The van der Waals surface area contributed by atoms with Gasteiger partial charge in [-0.3, -0.25) is 9.59 Å². The number of hydrogen-bond donors (Lipinski definition) is 0. The lowest BCUT2D eigenvalue weighted by molar-refractivity contribution is -0.151. The Morgan fingerprint density at radius 2 is 1.93 bits per heavy atom. The van der Waals surface area contributed by atoms with Crippen LogP contribution >= 0.6 is 0 Å². The van der Waals surface area contributed by atoms with Crippen LogP contribution in [-0.2, 0) is 14.3 Å². The number of Topliss-reactive ketones (excluding diaryl/α,β-unsaturated/α-hetero) is 1. The summed E-state index contributed by atoms with van der Waals surface area (Å²) in [6, 6.07) is 0. The summed E-state index contributed by atoms with van der Waals surface area (Å²) in [4.78, 5) is 25.0. The van der Waals surface area contributed by atoms with Crippen molar-refractivity contribution in [1.82, 2.24) is 0 Å². The molecule has 2 unspecified atom stereocenters. The molecule has 3 nitrogen and oxygen atoms in total. The molecule has 0 N–H and O–H groups in total. The van der Waals surface area contributed by atoms with E-state index in [9.17, 15) is 9.59 Å². The molecule has 4 aliphatic rings. The molecule has 0 aromatic heterocycles. The van der Waals surface area contributed by atoms with E-state index in [1.165, 1.54) is 45.6 Å². The van der Waals surface area contributed by atoms with Crippen LogP contribution in [-0.4, -0.2) is 18.9 Å². The molecule has 0 heterocycles. The summed E-state index contributed by atoms with van der Waals surface area (Å²) in [6.07, 6.45) is 14.2. The minimum absolute atomic E-state index is 0.0953. The van der Waals surface area contributed by atoms with Crippen LogP contribution in [0.5, 0.6) is 0 Å². The van der Waals surface area contributed by atoms with Gasteiger partial charge in [0.05, 0.1) is 7.11 Å². The van der Waals surface area contributed by atoms with Gasteiger partial charge >= 0.3 is 5.97 Å². The highest BCUT2D eigenvalue weighted by Gasteiger charge is 2.62. The molecule has 3 heteroatoms. The van der Waals surface area contributed by atoms with E-state index in [2.05, 4.69) is 32.9 Å². The standard InChI is InChI=1S/C25H38O3/c1-16(8-11-22(27)28-4)18-9-10-19-23-20(12-14-25(18,19)3)24(2)13-6-5-7-17(24)15-21(23)26/h5,7,16-20,23H,6,8-15H2,1-4H3/t16-,17+,18-,19?,20?,23+,24+,25-/m1/s1. The van der Waals surface area contributed by atoms with E-state index in [1.807, 2.05) is 0 Å². The number of ether oxygens (including phenoxy) is 1. The Balaban J connectivity index is 1.55. The highest BCUT2D eigenvalue weighted by atomic mass is 16.5. The van der Waals surface area contributed by atoms with Gasteiger partial charge < -0.3 is 4.74 Å². The van der Waals surface area contributed by atoms with Crippen molar-refractivity contribution >= 4 is 11.8 Å². The second kappa shape index (κ2) is 7.29. The predicted molar refractivity (Wildman–Crippen MR) is 111 cm³/mol. The van der Waals surface area contributed by atoms with Crippen LogP contribution in [0.4, 0.5) is 0 Å². The molecule has 3 saturated carbocycles. The van der Waals surface area contributed by atoms with Crippen LogP contribution in [0.2, 0.25) is 0 Å². The molecule has 0 aromatic rings. The quantitative estimate of drug-likeness (QED) is 0.468. The van der Waals surface area contributed by atoms with Crippen molar-refractivity contribution in [1.29, 1.82) is 0 Å². The van der Waals surface area contributed by atoms with Gasteiger partial charge in [-0.15, -0.1) is 0 Å². The summed E-state index contributed by atoms with van der Waals surface area (Å²) in [5.41, 5.74) is 0.587. The molecule has 28 heavy (non-hydrogen) atoms. The highest BCUT2D eigenvalue weighted by Crippen LogP contribution is 2.67. The molecule has 4 rings (SSSR count). The first-order chi connectivity index (χ1) is 13.3. The topological polar surface area (TPSA) is 43.4 Å². The summed E-state index contributed by atoms with van der Waals surface area (Å²) in [7, 11) is 1.48. The van der Waals surface area contributed by atoms with Crippen molar-refractivity contribution in [3.8, 4) is 0 Å². The maximum atomic E-state index is 13.3. The van der Waals surface area contributed by atoms with Gasteiger partial charge in [0.2, 0.25) is 0 Å². The average molecular weight is 387 g/mol. The Morgan fingerprint density at radius 3 is 2.68 bits per heavy atom. The molecule has 0 saturated heterocycles. The van der Waals surface area contributed by atoms with Crippen molar-refractivity contribution in [3.05, 3.63) is 12.2 Å². The van der Waals surface area contributed by atoms with E-state index in [-0.39, 0.29) is 17.3 Å². The fourth-order valence-corrected chi connectivity index (χ4v) is 8.13. The van der Waals surface area contributed by atoms with E-state index in [1.54, 1.807) is 0 Å². The Labute approximate surface area is 170 Å². The molecule has 0 radical (unpaired) electrons. The zero-order chi connectivity index (χ0) is 20.1. The Bertz CT molecular complexity index is 667. The lowest BCUT2D eigenvalue weighted by Crippen LogP contribution is -2.55. The summed E-state index contributed by atoms with van der Waals surface area (Å²) >= 11 is 0. The van der Waals surface area contributed by atoms with Gasteiger partial charge in [0, 0.05) is 18.8 Å². The minimum Gasteiger partial charge on any atom is -0.469 e. The minimum atomic E-state index is -0.0953. The zero-order valence-corrected chi connectivity index (χ0v) is 18.2. The van der Waals surface area contributed by atoms with Crippen LogP contribution < -0.4 is 0 Å². The monoisotopic (exact) mass is 386 g/mol. The molecular weight excluding hydrogens is 348 g/mol. The fraction of sp³-hybridized carbons (Fsp3) is 0.840. The Hall–Kier alpha value is -1.12. The van der Waals surface area contributed by atoms with Crippen molar-refractivity contribution < 1.29 is 14.3 Å². The molecule has 0 aliphatic heterocycles. The van der Waals surface area contributed by atoms with Crippen molar-refractivity contribution in [2.75, 3.05) is 7.11 Å². The fourth-order valence-electron chi connectivity index (χ4n) is 8.13. The number of carbonyl (C=O) groups is 2. The zero-order valence-electron chi connectivity index (χ0n) is 18.2. The third-order valence-electron chi connectivity index (χ3n) is 9.77. The van der Waals surface area contributed by atoms with Gasteiger partial charge in [-0.25, -0.2) is 0 Å². The maximum Gasteiger partial charge on any atom is 0.305 e. The second-order valence-corrected chi connectivity index (χ2v) is 10.8. The Kier molecular flexibility index (Phi) is 5.25. The van der Waals surface area contributed by atoms with Crippen molar-refractivity contribution in [3.63, 3.8) is 0 Å². The van der Waals surface area contributed by atoms with Crippen LogP contribution in [0, 0.1) is 46.3 Å². The molecule has 4 aliphatic carbocycles. The van der Waals surface area contributed by atoms with E-state index in [4.69, 9.17) is 4.74 Å². The normalized spacial score (nSPS) is 45.7. The number of methoxy groups -OCH3 is 1. The lowest BCUT2D eigenvalue weighted by atomic mass is 9.45. The first kappa shape index (κ1) is 20.2. The van der Waals surface area contributed by atoms with Crippen molar-refractivity contribution in [2.24, 2.45) is 46.3 Å². The van der Waals surface area contributed by atoms with Crippen LogP contribution in [0.1, 0.15) is 78.6 Å². The third-order valence-corrected chi connectivity index (χ3v) is 9.77. The number of fused-ring (bicyclic) bond motifs is 5. The summed E-state index contributed by atoms with van der Waals surface area (Å²) < 4.78 is 4.85. The van der Waals surface area contributed by atoms with Crippen LogP contribution in [0.15, 0.2) is 12.2 Å². The van der Waals surface area contributed by atoms with E-state index < -0.39 is 0 Å². The first-order valence-corrected chi connectivity index (χ1v) is 11.6. The van der Waals surface area contributed by atoms with Crippen LogP contribution in [0.3, 0.4) is 0 Å². The second-order valence-electron chi connectivity index (χ2n) is 10.8. The molecule has 3 fully saturated rings. The van der Waals surface area contributed by atoms with Gasteiger partial charge in [0.1, 0.15) is 5.78 Å². The van der Waals surface area contributed by atoms with Gasteiger partial charge in [-0.1, -0.05) is 32.9 Å². The largest absolute Gasteiger partial charge is 0.469 e. The third kappa shape index (κ3) is 2.99. The molecule has 0 spiro atoms. The van der Waals surface area contributed by atoms with Crippen molar-refractivity contribution in [2.45, 2.75) is 78.6 Å². The Morgan fingerprint density at radius 1 is 1.18 bits per heavy atom. The first-order valence-electron chi connectivity index (χ1n) is 11.6. The van der Waals surface area contributed by atoms with Gasteiger partial charge in [0.15, 0.2) is 0 Å². The molecule has 0 amide bonds. The van der Waals surface area contributed by atoms with Gasteiger partial charge in [-0.2, -0.15) is 0 Å². The number of carbonyl (C=O) groups excluding carboxylic acids is 2. The number of ketones is 1. The number of allylic oxidation sites excluding steroid dienone is 2. The highest BCUT2D eigenvalue weighted by molar-refractivity contribution is 5.83. The maximum absolute atomic E-state index is 13.3. The summed E-state index contributed by atoms with van der Waals surface area (Å²) in [5, 5.41) is 0. The molecule has 8 atom stereocenters.